The molecule has 0 bridgehead atoms. The molecule has 0 spiro atoms. The zero-order chi connectivity index (χ0) is 21.8. The maximum absolute atomic E-state index is 13.0. The molecular weight excluding hydrogens is 464 g/mol. The van der Waals surface area contributed by atoms with Crippen molar-refractivity contribution in [3.8, 4) is 0 Å². The molecule has 0 aliphatic carbocycles. The Hall–Kier alpha value is -1.81. The van der Waals surface area contributed by atoms with Gasteiger partial charge in [-0.05, 0) is 48.3 Å². The number of ether oxygens (including phenoxy) is 2. The standard InChI is InChI=1S/C22H29BrN4O4/c1-2-31-22(29)19-15-27(21-18(20(19)28)12-16(23)13-24-21)17-4-3-5-26(14-17)7-6-25-8-10-30-11-9-25/h12-13,15,17H,2-11,14H2,1H3. The summed E-state index contributed by atoms with van der Waals surface area (Å²) in [4.78, 5) is 34.9. The molecule has 2 aliphatic heterocycles. The molecule has 1 atom stereocenters. The molecule has 0 saturated carbocycles. The van der Waals surface area contributed by atoms with Crippen molar-refractivity contribution in [2.24, 2.45) is 0 Å². The lowest BCUT2D eigenvalue weighted by Crippen LogP contribution is -2.44. The molecule has 4 rings (SSSR count). The molecule has 4 heterocycles. The van der Waals surface area contributed by atoms with Gasteiger partial charge in [0, 0.05) is 55.6 Å². The molecular formula is C22H29BrN4O4. The maximum Gasteiger partial charge on any atom is 0.343 e. The fourth-order valence-electron chi connectivity index (χ4n) is 4.41. The Balaban J connectivity index is 1.60. The minimum absolute atomic E-state index is 0.0692. The van der Waals surface area contributed by atoms with Gasteiger partial charge in [-0.25, -0.2) is 9.78 Å². The highest BCUT2D eigenvalue weighted by atomic mass is 79.9. The largest absolute Gasteiger partial charge is 0.462 e. The molecule has 9 heteroatoms. The number of morpholine rings is 1. The Bertz CT molecular complexity index is 989. The number of likely N-dealkylation sites (tertiary alicyclic amines) is 1. The van der Waals surface area contributed by atoms with Crippen LogP contribution in [0, 0.1) is 0 Å². The zero-order valence-corrected chi connectivity index (χ0v) is 19.5. The van der Waals surface area contributed by atoms with Gasteiger partial charge in [0.25, 0.3) is 0 Å². The van der Waals surface area contributed by atoms with E-state index in [4.69, 9.17) is 9.47 Å². The normalized spacial score (nSPS) is 20.8. The van der Waals surface area contributed by atoms with Crippen molar-refractivity contribution in [2.45, 2.75) is 25.8 Å². The Morgan fingerprint density at radius 3 is 2.81 bits per heavy atom. The van der Waals surface area contributed by atoms with Crippen LogP contribution >= 0.6 is 15.9 Å². The molecule has 0 aromatic carbocycles. The van der Waals surface area contributed by atoms with Gasteiger partial charge in [0.05, 0.1) is 25.2 Å². The minimum atomic E-state index is -0.580. The second-order valence-electron chi connectivity index (χ2n) is 8.08. The van der Waals surface area contributed by atoms with Gasteiger partial charge in [-0.3, -0.25) is 9.69 Å². The van der Waals surface area contributed by atoms with Crippen LogP contribution in [0.25, 0.3) is 11.0 Å². The number of esters is 1. The summed E-state index contributed by atoms with van der Waals surface area (Å²) in [7, 11) is 0. The van der Waals surface area contributed by atoms with E-state index in [2.05, 4.69) is 30.7 Å². The third kappa shape index (κ3) is 5.16. The molecule has 0 amide bonds. The number of rotatable bonds is 6. The van der Waals surface area contributed by atoms with Gasteiger partial charge >= 0.3 is 5.97 Å². The van der Waals surface area contributed by atoms with E-state index in [1.165, 1.54) is 0 Å². The summed E-state index contributed by atoms with van der Waals surface area (Å²) in [5, 5.41) is 0.436. The monoisotopic (exact) mass is 492 g/mol. The number of halogens is 1. The number of carbonyl (C=O) groups is 1. The summed E-state index contributed by atoms with van der Waals surface area (Å²) < 4.78 is 13.3. The minimum Gasteiger partial charge on any atom is -0.462 e. The Kier molecular flexibility index (Phi) is 7.37. The van der Waals surface area contributed by atoms with Gasteiger partial charge in [-0.1, -0.05) is 0 Å². The van der Waals surface area contributed by atoms with Crippen LogP contribution in [-0.2, 0) is 9.47 Å². The Morgan fingerprint density at radius 2 is 2.03 bits per heavy atom. The predicted octanol–water partition coefficient (Wildman–Crippen LogP) is 2.30. The van der Waals surface area contributed by atoms with Crippen LogP contribution in [0.3, 0.4) is 0 Å². The van der Waals surface area contributed by atoms with E-state index in [1.807, 2.05) is 4.57 Å². The van der Waals surface area contributed by atoms with Gasteiger partial charge in [0.1, 0.15) is 11.2 Å². The molecule has 168 valence electrons. The first-order valence-electron chi connectivity index (χ1n) is 11.0. The number of pyridine rings is 2. The Morgan fingerprint density at radius 1 is 1.26 bits per heavy atom. The first-order chi connectivity index (χ1) is 15.1. The van der Waals surface area contributed by atoms with Crippen molar-refractivity contribution in [1.82, 2.24) is 19.4 Å². The highest BCUT2D eigenvalue weighted by Gasteiger charge is 2.26. The first kappa shape index (κ1) is 22.4. The third-order valence-electron chi connectivity index (χ3n) is 6.04. The van der Waals surface area contributed by atoms with E-state index >= 15 is 0 Å². The van der Waals surface area contributed by atoms with E-state index in [-0.39, 0.29) is 23.6 Å². The maximum atomic E-state index is 13.0. The predicted molar refractivity (Wildman–Crippen MR) is 122 cm³/mol. The lowest BCUT2D eigenvalue weighted by Gasteiger charge is -2.36. The van der Waals surface area contributed by atoms with Crippen molar-refractivity contribution in [3.05, 3.63) is 38.7 Å². The SMILES string of the molecule is CCOC(=O)c1cn(C2CCCN(CCN3CCOCC3)C2)c2ncc(Br)cc2c1=O. The summed E-state index contributed by atoms with van der Waals surface area (Å²) in [5.74, 6) is -0.580. The Labute approximate surface area is 190 Å². The first-order valence-corrected chi connectivity index (χ1v) is 11.8. The van der Waals surface area contributed by atoms with E-state index in [1.54, 1.807) is 25.4 Å². The number of hydrogen-bond acceptors (Lipinski definition) is 7. The molecule has 1 unspecified atom stereocenters. The van der Waals surface area contributed by atoms with Crippen molar-refractivity contribution < 1.29 is 14.3 Å². The number of fused-ring (bicyclic) bond motifs is 1. The number of nitrogens with zero attached hydrogens (tertiary/aromatic N) is 4. The molecule has 2 aromatic heterocycles. The van der Waals surface area contributed by atoms with Crippen molar-refractivity contribution >= 4 is 32.9 Å². The lowest BCUT2D eigenvalue weighted by atomic mass is 10.0. The van der Waals surface area contributed by atoms with Crippen LogP contribution in [0.2, 0.25) is 0 Å². The quantitative estimate of drug-likeness (QED) is 0.572. The van der Waals surface area contributed by atoms with Crippen molar-refractivity contribution in [1.29, 1.82) is 0 Å². The summed E-state index contributed by atoms with van der Waals surface area (Å²) >= 11 is 3.40. The molecule has 8 nitrogen and oxygen atoms in total. The number of carbonyl (C=O) groups excluding carboxylic acids is 1. The van der Waals surface area contributed by atoms with Crippen LogP contribution in [0.15, 0.2) is 27.7 Å². The molecule has 31 heavy (non-hydrogen) atoms. The molecule has 2 aromatic rings. The smallest absolute Gasteiger partial charge is 0.343 e. The van der Waals surface area contributed by atoms with Gasteiger partial charge in [-0.15, -0.1) is 0 Å². The van der Waals surface area contributed by atoms with Gasteiger partial charge in [0.2, 0.25) is 5.43 Å². The van der Waals surface area contributed by atoms with Crippen LogP contribution in [0.4, 0.5) is 0 Å². The van der Waals surface area contributed by atoms with Gasteiger partial charge in [-0.2, -0.15) is 0 Å². The fourth-order valence-corrected chi connectivity index (χ4v) is 4.74. The van der Waals surface area contributed by atoms with E-state index in [0.717, 1.165) is 65.3 Å². The van der Waals surface area contributed by atoms with Crippen molar-refractivity contribution in [3.63, 3.8) is 0 Å². The zero-order valence-electron chi connectivity index (χ0n) is 17.9. The molecule has 0 radical (unpaired) electrons. The number of piperidine rings is 1. The third-order valence-corrected chi connectivity index (χ3v) is 6.47. The summed E-state index contributed by atoms with van der Waals surface area (Å²) in [6.45, 7) is 9.51. The van der Waals surface area contributed by atoms with E-state index in [9.17, 15) is 9.59 Å². The molecule has 2 saturated heterocycles. The van der Waals surface area contributed by atoms with Crippen LogP contribution in [-0.4, -0.2) is 84.4 Å². The number of hydrogen-bond donors (Lipinski definition) is 0. The topological polar surface area (TPSA) is 76.9 Å². The average molecular weight is 493 g/mol. The van der Waals surface area contributed by atoms with Crippen LogP contribution in [0.1, 0.15) is 36.2 Å². The molecule has 2 fully saturated rings. The van der Waals surface area contributed by atoms with Gasteiger partial charge < -0.3 is 18.9 Å². The summed E-state index contributed by atoms with van der Waals surface area (Å²) in [5.41, 5.74) is 0.347. The van der Waals surface area contributed by atoms with Gasteiger partial charge in [0.15, 0.2) is 0 Å². The molecule has 2 aliphatic rings. The van der Waals surface area contributed by atoms with Crippen LogP contribution < -0.4 is 5.43 Å². The highest BCUT2D eigenvalue weighted by Crippen LogP contribution is 2.26. The lowest BCUT2D eigenvalue weighted by molar-refractivity contribution is 0.0311. The van der Waals surface area contributed by atoms with Crippen molar-refractivity contribution in [2.75, 3.05) is 59.1 Å². The van der Waals surface area contributed by atoms with Crippen LogP contribution in [0.5, 0.6) is 0 Å². The second-order valence-corrected chi connectivity index (χ2v) is 8.99. The molecule has 0 N–H and O–H groups in total. The second kappa shape index (κ2) is 10.2. The summed E-state index contributed by atoms with van der Waals surface area (Å²) in [6.07, 6.45) is 5.39. The summed E-state index contributed by atoms with van der Waals surface area (Å²) in [6, 6.07) is 1.88. The van der Waals surface area contributed by atoms with E-state index in [0.29, 0.717) is 15.5 Å². The highest BCUT2D eigenvalue weighted by molar-refractivity contribution is 9.10. The fraction of sp³-hybridized carbons (Fsp3) is 0.591. The number of aromatic nitrogens is 2. The van der Waals surface area contributed by atoms with E-state index < -0.39 is 5.97 Å². The average Bonchev–Trinajstić information content (AvgIpc) is 2.79.